The lowest BCUT2D eigenvalue weighted by Crippen LogP contribution is -2.36. The smallest absolute Gasteiger partial charge is 0.355 e. The van der Waals surface area contributed by atoms with Crippen LogP contribution in [0.2, 0.25) is 0 Å². The standard InChI is InChI=1S/C21H21N3O4/c25-19(22-14-13-16-7-3-1-4-8-16)15-28-21(27)18-11-12-20(26)24(23-18)17-9-5-2-6-10-17/h1-10H,11-15H2,(H,22,25). The first-order chi connectivity index (χ1) is 13.6. The highest BCUT2D eigenvalue weighted by Crippen LogP contribution is 2.19. The van der Waals surface area contributed by atoms with Crippen LogP contribution < -0.4 is 10.3 Å². The number of carbonyl (C=O) groups excluding carboxylic acids is 3. The molecule has 144 valence electrons. The Kier molecular flexibility index (Phi) is 6.51. The Bertz CT molecular complexity index is 866. The van der Waals surface area contributed by atoms with Crippen LogP contribution in [0, 0.1) is 0 Å². The summed E-state index contributed by atoms with van der Waals surface area (Å²) >= 11 is 0. The third-order valence-electron chi connectivity index (χ3n) is 4.18. The highest BCUT2D eigenvalue weighted by molar-refractivity contribution is 6.38. The Morgan fingerprint density at radius 1 is 1.00 bits per heavy atom. The molecule has 28 heavy (non-hydrogen) atoms. The van der Waals surface area contributed by atoms with Crippen molar-refractivity contribution in [3.8, 4) is 0 Å². The molecule has 0 radical (unpaired) electrons. The maximum atomic E-state index is 12.2. The van der Waals surface area contributed by atoms with E-state index in [1.165, 1.54) is 5.01 Å². The van der Waals surface area contributed by atoms with E-state index in [1.807, 2.05) is 36.4 Å². The van der Waals surface area contributed by atoms with Crippen molar-refractivity contribution in [3.63, 3.8) is 0 Å². The molecule has 7 heteroatoms. The maximum absolute atomic E-state index is 12.2. The third kappa shape index (κ3) is 5.26. The van der Waals surface area contributed by atoms with Crippen molar-refractivity contribution >= 4 is 29.2 Å². The summed E-state index contributed by atoms with van der Waals surface area (Å²) in [7, 11) is 0. The fraction of sp³-hybridized carbons (Fsp3) is 0.238. The number of esters is 1. The van der Waals surface area contributed by atoms with Crippen LogP contribution in [-0.4, -0.2) is 36.6 Å². The number of carbonyl (C=O) groups is 3. The highest BCUT2D eigenvalue weighted by atomic mass is 16.5. The van der Waals surface area contributed by atoms with E-state index in [9.17, 15) is 14.4 Å². The zero-order valence-electron chi connectivity index (χ0n) is 15.3. The lowest BCUT2D eigenvalue weighted by molar-refractivity contribution is -0.142. The molecular formula is C21H21N3O4. The van der Waals surface area contributed by atoms with E-state index in [0.717, 1.165) is 5.56 Å². The van der Waals surface area contributed by atoms with Crippen molar-refractivity contribution < 1.29 is 19.1 Å². The average Bonchev–Trinajstić information content (AvgIpc) is 2.74. The number of amides is 2. The Balaban J connectivity index is 1.48. The number of anilines is 1. The van der Waals surface area contributed by atoms with Gasteiger partial charge in [-0.15, -0.1) is 0 Å². The average molecular weight is 379 g/mol. The molecular weight excluding hydrogens is 358 g/mol. The van der Waals surface area contributed by atoms with Crippen molar-refractivity contribution in [2.24, 2.45) is 5.10 Å². The number of hydrogen-bond acceptors (Lipinski definition) is 5. The van der Waals surface area contributed by atoms with Gasteiger partial charge in [-0.3, -0.25) is 9.59 Å². The molecule has 0 atom stereocenters. The Hall–Kier alpha value is -3.48. The summed E-state index contributed by atoms with van der Waals surface area (Å²) in [6.07, 6.45) is 1.05. The minimum absolute atomic E-state index is 0.125. The van der Waals surface area contributed by atoms with Crippen LogP contribution in [0.4, 0.5) is 5.69 Å². The van der Waals surface area contributed by atoms with E-state index in [1.54, 1.807) is 24.3 Å². The molecule has 1 aliphatic rings. The first kappa shape index (κ1) is 19.3. The van der Waals surface area contributed by atoms with Crippen LogP contribution in [0.5, 0.6) is 0 Å². The molecule has 0 unspecified atom stereocenters. The fourth-order valence-electron chi connectivity index (χ4n) is 2.73. The monoisotopic (exact) mass is 379 g/mol. The molecule has 1 N–H and O–H groups in total. The number of para-hydroxylation sites is 1. The van der Waals surface area contributed by atoms with Gasteiger partial charge < -0.3 is 10.1 Å². The van der Waals surface area contributed by atoms with Crippen LogP contribution in [0.25, 0.3) is 0 Å². The van der Waals surface area contributed by atoms with Gasteiger partial charge in [0.15, 0.2) is 6.61 Å². The van der Waals surface area contributed by atoms with Gasteiger partial charge >= 0.3 is 5.97 Å². The lowest BCUT2D eigenvalue weighted by Gasteiger charge is -2.22. The van der Waals surface area contributed by atoms with Crippen molar-refractivity contribution in [1.82, 2.24) is 5.32 Å². The molecule has 0 aromatic heterocycles. The van der Waals surface area contributed by atoms with Gasteiger partial charge in [0.05, 0.1) is 5.69 Å². The van der Waals surface area contributed by atoms with E-state index in [2.05, 4.69) is 10.4 Å². The van der Waals surface area contributed by atoms with Crippen molar-refractivity contribution in [2.75, 3.05) is 18.2 Å². The number of benzene rings is 2. The largest absolute Gasteiger partial charge is 0.451 e. The van der Waals surface area contributed by atoms with Gasteiger partial charge in [-0.1, -0.05) is 48.5 Å². The second-order valence-corrected chi connectivity index (χ2v) is 6.25. The Morgan fingerprint density at radius 2 is 1.68 bits per heavy atom. The molecule has 0 saturated heterocycles. The number of hydrogen-bond donors (Lipinski definition) is 1. The molecule has 1 aliphatic heterocycles. The summed E-state index contributed by atoms with van der Waals surface area (Å²) in [5, 5.41) is 8.01. The molecule has 2 aromatic carbocycles. The van der Waals surface area contributed by atoms with Crippen molar-refractivity contribution in [1.29, 1.82) is 0 Å². The molecule has 0 aliphatic carbocycles. The number of nitrogens with zero attached hydrogens (tertiary/aromatic N) is 2. The summed E-state index contributed by atoms with van der Waals surface area (Å²) in [5.74, 6) is -1.26. The van der Waals surface area contributed by atoms with E-state index in [-0.39, 0.29) is 37.0 Å². The topological polar surface area (TPSA) is 88.1 Å². The summed E-state index contributed by atoms with van der Waals surface area (Å²) in [6.45, 7) is 0.0730. The maximum Gasteiger partial charge on any atom is 0.355 e. The molecule has 0 spiro atoms. The zero-order valence-corrected chi connectivity index (χ0v) is 15.3. The second kappa shape index (κ2) is 9.45. The number of ether oxygens (including phenoxy) is 1. The molecule has 2 aromatic rings. The molecule has 2 amide bonds. The molecule has 3 rings (SSSR count). The molecule has 0 fully saturated rings. The normalized spacial score (nSPS) is 13.6. The lowest BCUT2D eigenvalue weighted by atomic mass is 10.1. The number of rotatable bonds is 7. The first-order valence-corrected chi connectivity index (χ1v) is 9.07. The van der Waals surface area contributed by atoms with Crippen LogP contribution in [0.15, 0.2) is 65.8 Å². The SMILES string of the molecule is O=C(COC(=O)C1=NN(c2ccccc2)C(=O)CC1)NCCc1ccccc1. The molecule has 7 nitrogen and oxygen atoms in total. The summed E-state index contributed by atoms with van der Waals surface area (Å²) in [6, 6.07) is 18.6. The van der Waals surface area contributed by atoms with Gasteiger partial charge in [-0.05, 0) is 24.1 Å². The predicted octanol–water partition coefficient (Wildman–Crippen LogP) is 2.07. The van der Waals surface area contributed by atoms with Crippen LogP contribution in [0.3, 0.4) is 0 Å². The summed E-state index contributed by atoms with van der Waals surface area (Å²) in [4.78, 5) is 36.1. The zero-order chi connectivity index (χ0) is 19.8. The first-order valence-electron chi connectivity index (χ1n) is 9.07. The number of hydrazone groups is 1. The van der Waals surface area contributed by atoms with Crippen LogP contribution in [-0.2, 0) is 25.5 Å². The van der Waals surface area contributed by atoms with Gasteiger partial charge in [0.25, 0.3) is 5.91 Å². The van der Waals surface area contributed by atoms with Crippen LogP contribution >= 0.6 is 0 Å². The minimum Gasteiger partial charge on any atom is -0.451 e. The van der Waals surface area contributed by atoms with Gasteiger partial charge in [0.1, 0.15) is 5.71 Å². The number of nitrogens with one attached hydrogen (secondary N) is 1. The van der Waals surface area contributed by atoms with Gasteiger partial charge in [-0.2, -0.15) is 5.10 Å². The highest BCUT2D eigenvalue weighted by Gasteiger charge is 2.26. The second-order valence-electron chi connectivity index (χ2n) is 6.25. The third-order valence-corrected chi connectivity index (χ3v) is 4.18. The summed E-state index contributed by atoms with van der Waals surface area (Å²) in [5.41, 5.74) is 1.82. The van der Waals surface area contributed by atoms with Gasteiger partial charge in [-0.25, -0.2) is 9.80 Å². The Morgan fingerprint density at radius 3 is 2.39 bits per heavy atom. The fourth-order valence-corrected chi connectivity index (χ4v) is 2.73. The summed E-state index contributed by atoms with van der Waals surface area (Å²) < 4.78 is 5.05. The van der Waals surface area contributed by atoms with Crippen molar-refractivity contribution in [3.05, 3.63) is 66.2 Å². The van der Waals surface area contributed by atoms with Gasteiger partial charge in [0, 0.05) is 19.4 Å². The quantitative estimate of drug-likeness (QED) is 0.746. The van der Waals surface area contributed by atoms with Crippen molar-refractivity contribution in [2.45, 2.75) is 19.3 Å². The van der Waals surface area contributed by atoms with Crippen LogP contribution in [0.1, 0.15) is 18.4 Å². The molecule has 0 bridgehead atoms. The predicted molar refractivity (Wildman–Crippen MR) is 105 cm³/mol. The van der Waals surface area contributed by atoms with Gasteiger partial charge in [0.2, 0.25) is 5.91 Å². The van der Waals surface area contributed by atoms with E-state index < -0.39 is 5.97 Å². The minimum atomic E-state index is -0.688. The van der Waals surface area contributed by atoms with E-state index >= 15 is 0 Å². The molecule has 0 saturated carbocycles. The van der Waals surface area contributed by atoms with E-state index in [0.29, 0.717) is 18.7 Å². The molecule has 1 heterocycles. The Labute approximate surface area is 163 Å². The van der Waals surface area contributed by atoms with E-state index in [4.69, 9.17) is 4.74 Å².